The third-order valence-electron chi connectivity index (χ3n) is 13.3. The van der Waals surface area contributed by atoms with E-state index in [-0.39, 0.29) is 16.2 Å². The Morgan fingerprint density at radius 2 is 1.62 bits per heavy atom. The van der Waals surface area contributed by atoms with Gasteiger partial charge in [0.05, 0.1) is 0 Å². The van der Waals surface area contributed by atoms with E-state index in [0.717, 1.165) is 12.8 Å². The first kappa shape index (κ1) is 23.1. The third-order valence-corrected chi connectivity index (χ3v) is 13.3. The molecule has 2 heteroatoms. The number of hydrogen-bond donors (Lipinski definition) is 1. The summed E-state index contributed by atoms with van der Waals surface area (Å²) in [5.41, 5.74) is 2.27. The highest BCUT2D eigenvalue weighted by Gasteiger charge is 2.70. The maximum atomic E-state index is 12.9. The number of rotatable bonds is 2. The van der Waals surface area contributed by atoms with Gasteiger partial charge in [0.15, 0.2) is 0 Å². The van der Waals surface area contributed by atoms with E-state index in [0.29, 0.717) is 52.8 Å². The Balaban J connectivity index is 1.56. The van der Waals surface area contributed by atoms with Crippen molar-refractivity contribution in [2.24, 2.45) is 56.7 Å². The molecule has 5 aliphatic rings. The number of carbonyl (C=O) groups excluding carboxylic acids is 1. The minimum atomic E-state index is -0.165. The smallest absolute Gasteiger partial charge is 0.138 e. The van der Waals surface area contributed by atoms with Crippen LogP contribution in [0.3, 0.4) is 0 Å². The molecule has 0 saturated heterocycles. The van der Waals surface area contributed by atoms with Gasteiger partial charge in [0, 0.05) is 18.4 Å². The van der Waals surface area contributed by atoms with E-state index < -0.39 is 0 Å². The Labute approximate surface area is 197 Å². The second-order valence-corrected chi connectivity index (χ2v) is 14.4. The first-order valence-electron chi connectivity index (χ1n) is 13.7. The first-order valence-corrected chi connectivity index (χ1v) is 13.7. The molecule has 0 bridgehead atoms. The zero-order valence-corrected chi connectivity index (χ0v) is 21.7. The monoisotopic (exact) mass is 440 g/mol. The zero-order chi connectivity index (χ0) is 23.3. The van der Waals surface area contributed by atoms with Gasteiger partial charge < -0.3 is 5.11 Å². The van der Waals surface area contributed by atoms with Gasteiger partial charge in [0.2, 0.25) is 0 Å². The fraction of sp³-hybridized carbons (Fsp3) is 0.900. The quantitative estimate of drug-likeness (QED) is 0.461. The molecule has 32 heavy (non-hydrogen) atoms. The average Bonchev–Trinajstić information content (AvgIpc) is 3.12. The molecular weight excluding hydrogens is 392 g/mol. The summed E-state index contributed by atoms with van der Waals surface area (Å²) in [6.07, 6.45) is 11.9. The second-order valence-electron chi connectivity index (χ2n) is 14.4. The minimum Gasteiger partial charge on any atom is -0.396 e. The maximum absolute atomic E-state index is 12.9. The zero-order valence-electron chi connectivity index (χ0n) is 21.7. The molecule has 0 amide bonds. The van der Waals surface area contributed by atoms with E-state index in [9.17, 15) is 9.90 Å². The molecule has 180 valence electrons. The van der Waals surface area contributed by atoms with Crippen LogP contribution in [0, 0.1) is 56.7 Å². The van der Waals surface area contributed by atoms with E-state index in [4.69, 9.17) is 0 Å². The van der Waals surface area contributed by atoms with Crippen LogP contribution in [0.4, 0.5) is 0 Å². The predicted molar refractivity (Wildman–Crippen MR) is 131 cm³/mol. The van der Waals surface area contributed by atoms with Crippen LogP contribution in [0.15, 0.2) is 12.2 Å². The van der Waals surface area contributed by atoms with Crippen LogP contribution in [0.25, 0.3) is 0 Å². The lowest BCUT2D eigenvalue weighted by Crippen LogP contribution is -2.66. The van der Waals surface area contributed by atoms with Crippen molar-refractivity contribution < 1.29 is 9.90 Å². The molecule has 0 radical (unpaired) electrons. The Kier molecular flexibility index (Phi) is 5.03. The van der Waals surface area contributed by atoms with Crippen molar-refractivity contribution in [2.75, 3.05) is 6.61 Å². The number of Topliss-reactive ketones (excluding diaryl/α,β-unsaturated/α-hetero) is 1. The predicted octanol–water partition coefficient (Wildman–Crippen LogP) is 7.21. The van der Waals surface area contributed by atoms with E-state index in [1.807, 2.05) is 0 Å². The molecule has 0 aromatic heterocycles. The normalized spacial score (nSPS) is 54.2. The number of hydrogen-bond acceptors (Lipinski definition) is 2. The molecule has 1 unspecified atom stereocenters. The average molecular weight is 441 g/mol. The van der Waals surface area contributed by atoms with E-state index in [1.54, 1.807) is 0 Å². The molecular formula is C30H48O2. The number of fused-ring (bicyclic) bond motifs is 7. The highest BCUT2D eigenvalue weighted by Crippen LogP contribution is 2.77. The second kappa shape index (κ2) is 6.96. The lowest BCUT2D eigenvalue weighted by atomic mass is 9.32. The van der Waals surface area contributed by atoms with Gasteiger partial charge in [0.25, 0.3) is 0 Å². The molecule has 9 atom stereocenters. The molecule has 5 aliphatic carbocycles. The number of ketones is 1. The van der Waals surface area contributed by atoms with Crippen molar-refractivity contribution in [2.45, 2.75) is 106 Å². The van der Waals surface area contributed by atoms with Gasteiger partial charge in [-0.15, -0.1) is 0 Å². The highest BCUT2D eigenvalue weighted by atomic mass is 16.3. The fourth-order valence-electron chi connectivity index (χ4n) is 11.4. The standard InChI is InChI=1S/C30H48O2/c1-19(2)20-10-15-30(18-31)17-16-28(6)21(25(20)30)8-9-23-27(5)13-12-24(32)26(3,4)22(27)11-14-29(23,28)7/h20-23,25,31H,1,8-18H2,2-7H3/t20-,21+,22-,23+,25?,27-,28+,29+,30+/m0/s1. The Morgan fingerprint density at radius 1 is 0.906 bits per heavy atom. The van der Waals surface area contributed by atoms with Gasteiger partial charge in [-0.05, 0) is 116 Å². The summed E-state index contributed by atoms with van der Waals surface area (Å²) < 4.78 is 0. The number of allylic oxidation sites excluding steroid dienone is 1. The topological polar surface area (TPSA) is 37.3 Å². The Hall–Kier alpha value is -0.630. The van der Waals surface area contributed by atoms with Gasteiger partial charge in [-0.25, -0.2) is 0 Å². The van der Waals surface area contributed by atoms with Crippen LogP contribution >= 0.6 is 0 Å². The number of aliphatic hydroxyl groups is 1. The number of aliphatic hydroxyl groups excluding tert-OH is 1. The van der Waals surface area contributed by atoms with Gasteiger partial charge >= 0.3 is 0 Å². The SMILES string of the molecule is C=C(C)[C@@H]1CC[C@]2(CO)CC[C@]3(C)[C@H](CC[C@@H]4[C@@]5(C)CCC(=O)C(C)(C)[C@@H]5CC[C@]43C)C12. The van der Waals surface area contributed by atoms with Crippen molar-refractivity contribution in [1.29, 1.82) is 0 Å². The summed E-state index contributed by atoms with van der Waals surface area (Å²) in [4.78, 5) is 12.9. The summed E-state index contributed by atoms with van der Waals surface area (Å²) in [7, 11) is 0. The lowest BCUT2D eigenvalue weighted by molar-refractivity contribution is -0.236. The summed E-state index contributed by atoms with van der Waals surface area (Å²) >= 11 is 0. The lowest BCUT2D eigenvalue weighted by Gasteiger charge is -2.72. The largest absolute Gasteiger partial charge is 0.396 e. The maximum Gasteiger partial charge on any atom is 0.138 e. The van der Waals surface area contributed by atoms with Crippen molar-refractivity contribution in [3.63, 3.8) is 0 Å². The van der Waals surface area contributed by atoms with Gasteiger partial charge in [-0.2, -0.15) is 0 Å². The molecule has 5 fully saturated rings. The van der Waals surface area contributed by atoms with Crippen LogP contribution in [0.5, 0.6) is 0 Å². The molecule has 0 heterocycles. The molecule has 0 aliphatic heterocycles. The Bertz CT molecular complexity index is 827. The van der Waals surface area contributed by atoms with Crippen LogP contribution in [-0.4, -0.2) is 17.5 Å². The summed E-state index contributed by atoms with van der Waals surface area (Å²) in [5, 5.41) is 10.6. The van der Waals surface area contributed by atoms with Crippen molar-refractivity contribution in [1.82, 2.24) is 0 Å². The Morgan fingerprint density at radius 3 is 2.28 bits per heavy atom. The van der Waals surface area contributed by atoms with Crippen molar-refractivity contribution >= 4 is 5.78 Å². The molecule has 0 aromatic carbocycles. The molecule has 0 aromatic rings. The van der Waals surface area contributed by atoms with Crippen LogP contribution in [-0.2, 0) is 4.79 Å². The molecule has 1 N–H and O–H groups in total. The van der Waals surface area contributed by atoms with E-state index in [2.05, 4.69) is 48.1 Å². The number of carbonyl (C=O) groups is 1. The van der Waals surface area contributed by atoms with Crippen molar-refractivity contribution in [3.8, 4) is 0 Å². The minimum absolute atomic E-state index is 0.136. The van der Waals surface area contributed by atoms with E-state index in [1.165, 1.54) is 56.9 Å². The first-order chi connectivity index (χ1) is 14.9. The third kappa shape index (κ3) is 2.60. The molecule has 2 nitrogen and oxygen atoms in total. The van der Waals surface area contributed by atoms with Crippen LogP contribution in [0.1, 0.15) is 106 Å². The molecule has 0 spiro atoms. The fourth-order valence-corrected chi connectivity index (χ4v) is 11.4. The highest BCUT2D eigenvalue weighted by molar-refractivity contribution is 5.85. The van der Waals surface area contributed by atoms with Crippen LogP contribution < -0.4 is 0 Å². The summed E-state index contributed by atoms with van der Waals surface area (Å²) in [6.45, 7) is 19.4. The van der Waals surface area contributed by atoms with Gasteiger partial charge in [0.1, 0.15) is 5.78 Å². The summed E-state index contributed by atoms with van der Waals surface area (Å²) in [6, 6.07) is 0. The van der Waals surface area contributed by atoms with Gasteiger partial charge in [-0.1, -0.05) is 46.8 Å². The van der Waals surface area contributed by atoms with Crippen LogP contribution in [0.2, 0.25) is 0 Å². The summed E-state index contributed by atoms with van der Waals surface area (Å²) in [5.74, 6) is 3.65. The van der Waals surface area contributed by atoms with Gasteiger partial charge in [-0.3, -0.25) is 4.79 Å². The molecule has 5 saturated carbocycles. The van der Waals surface area contributed by atoms with Crippen molar-refractivity contribution in [3.05, 3.63) is 12.2 Å². The van der Waals surface area contributed by atoms with E-state index >= 15 is 0 Å². The molecule has 5 rings (SSSR count).